The van der Waals surface area contributed by atoms with Gasteiger partial charge in [-0.3, -0.25) is 4.90 Å². The van der Waals surface area contributed by atoms with Gasteiger partial charge in [-0.05, 0) is 31.1 Å². The number of fused-ring (bicyclic) bond motifs is 1. The smallest absolute Gasteiger partial charge is 0.0475 e. The van der Waals surface area contributed by atoms with E-state index in [2.05, 4.69) is 49.2 Å². The maximum atomic E-state index is 3.53. The van der Waals surface area contributed by atoms with Crippen molar-refractivity contribution < 1.29 is 0 Å². The third-order valence-electron chi connectivity index (χ3n) is 3.56. The van der Waals surface area contributed by atoms with Gasteiger partial charge >= 0.3 is 0 Å². The van der Waals surface area contributed by atoms with Crippen LogP contribution in [0.1, 0.15) is 36.6 Å². The second-order valence-corrected chi connectivity index (χ2v) is 4.57. The van der Waals surface area contributed by atoms with E-state index in [1.807, 2.05) is 0 Å². The lowest BCUT2D eigenvalue weighted by atomic mass is 9.94. The van der Waals surface area contributed by atoms with Crippen LogP contribution in [0.25, 0.3) is 0 Å². The number of nitrogens with zero attached hydrogens (tertiary/aromatic N) is 1. The third kappa shape index (κ3) is 2.13. The topological polar surface area (TPSA) is 15.3 Å². The second-order valence-electron chi connectivity index (χ2n) is 4.57. The van der Waals surface area contributed by atoms with E-state index in [1.54, 1.807) is 0 Å². The Morgan fingerprint density at radius 3 is 2.75 bits per heavy atom. The fraction of sp³-hybridized carbons (Fsp3) is 0.571. The van der Waals surface area contributed by atoms with Crippen LogP contribution in [0.3, 0.4) is 0 Å². The minimum absolute atomic E-state index is 0.555. The molecule has 0 aliphatic carbocycles. The molecule has 0 radical (unpaired) electrons. The lowest BCUT2D eigenvalue weighted by Crippen LogP contribution is -2.39. The molecule has 0 aromatic heterocycles. The number of benzene rings is 1. The van der Waals surface area contributed by atoms with Gasteiger partial charge in [-0.15, -0.1) is 0 Å². The molecular weight excluding hydrogens is 196 g/mol. The molecule has 2 heteroatoms. The van der Waals surface area contributed by atoms with Gasteiger partial charge in [0.1, 0.15) is 0 Å². The largest absolute Gasteiger partial charge is 0.311 e. The van der Waals surface area contributed by atoms with Gasteiger partial charge in [0.2, 0.25) is 0 Å². The van der Waals surface area contributed by atoms with Gasteiger partial charge in [0.15, 0.2) is 0 Å². The van der Waals surface area contributed by atoms with Crippen LogP contribution in [-0.4, -0.2) is 24.5 Å². The summed E-state index contributed by atoms with van der Waals surface area (Å²) in [5, 5.41) is 3.53. The molecule has 1 aliphatic heterocycles. The number of likely N-dealkylation sites (N-methyl/N-ethyl adjacent to an activating group) is 1. The predicted molar refractivity (Wildman–Crippen MR) is 68.5 cm³/mol. The summed E-state index contributed by atoms with van der Waals surface area (Å²) in [6.07, 6.45) is 0. The first-order chi connectivity index (χ1) is 7.76. The van der Waals surface area contributed by atoms with Gasteiger partial charge in [-0.1, -0.05) is 37.6 Å². The van der Waals surface area contributed by atoms with Crippen molar-refractivity contribution in [3.05, 3.63) is 34.9 Å². The quantitative estimate of drug-likeness (QED) is 0.838. The molecule has 1 aromatic carbocycles. The van der Waals surface area contributed by atoms with Crippen molar-refractivity contribution in [3.8, 4) is 0 Å². The van der Waals surface area contributed by atoms with Gasteiger partial charge in [0.05, 0.1) is 0 Å². The van der Waals surface area contributed by atoms with E-state index in [-0.39, 0.29) is 0 Å². The fourth-order valence-electron chi connectivity index (χ4n) is 2.66. The van der Waals surface area contributed by atoms with Crippen LogP contribution in [0.15, 0.2) is 18.2 Å². The Hall–Kier alpha value is -0.860. The molecule has 0 saturated heterocycles. The normalized spacial score (nSPS) is 19.9. The molecule has 0 unspecified atom stereocenters. The fourth-order valence-corrected chi connectivity index (χ4v) is 2.66. The number of nitrogens with one attached hydrogen (secondary N) is 1. The van der Waals surface area contributed by atoms with Crippen LogP contribution < -0.4 is 5.32 Å². The molecule has 0 amide bonds. The summed E-state index contributed by atoms with van der Waals surface area (Å²) in [7, 11) is 0. The SMILES string of the molecule is CCN(CC)[C@@H]1CNCc2cc(C)ccc21. The van der Waals surface area contributed by atoms with Crippen molar-refractivity contribution >= 4 is 0 Å². The van der Waals surface area contributed by atoms with Crippen molar-refractivity contribution in [2.75, 3.05) is 19.6 Å². The summed E-state index contributed by atoms with van der Waals surface area (Å²) in [6, 6.07) is 7.42. The summed E-state index contributed by atoms with van der Waals surface area (Å²) in [4.78, 5) is 2.53. The van der Waals surface area contributed by atoms with Gasteiger partial charge in [-0.25, -0.2) is 0 Å². The maximum absolute atomic E-state index is 3.53. The van der Waals surface area contributed by atoms with Gasteiger partial charge in [-0.2, -0.15) is 0 Å². The molecule has 1 N–H and O–H groups in total. The van der Waals surface area contributed by atoms with Crippen LogP contribution in [-0.2, 0) is 6.54 Å². The number of aryl methyl sites for hydroxylation is 1. The molecule has 88 valence electrons. The van der Waals surface area contributed by atoms with Crippen LogP contribution in [0.5, 0.6) is 0 Å². The lowest BCUT2D eigenvalue weighted by molar-refractivity contribution is 0.204. The molecule has 0 spiro atoms. The van der Waals surface area contributed by atoms with E-state index in [4.69, 9.17) is 0 Å². The average molecular weight is 218 g/mol. The zero-order chi connectivity index (χ0) is 11.5. The molecule has 1 heterocycles. The molecule has 2 nitrogen and oxygen atoms in total. The van der Waals surface area contributed by atoms with Crippen molar-refractivity contribution in [1.29, 1.82) is 0 Å². The molecule has 1 atom stereocenters. The van der Waals surface area contributed by atoms with E-state index in [0.717, 1.165) is 26.2 Å². The summed E-state index contributed by atoms with van der Waals surface area (Å²) >= 11 is 0. The zero-order valence-electron chi connectivity index (χ0n) is 10.6. The van der Waals surface area contributed by atoms with Crippen molar-refractivity contribution in [2.45, 2.75) is 33.4 Å². The molecule has 2 rings (SSSR count). The highest BCUT2D eigenvalue weighted by Crippen LogP contribution is 2.27. The Balaban J connectivity index is 2.32. The van der Waals surface area contributed by atoms with Crippen molar-refractivity contribution in [3.63, 3.8) is 0 Å². The number of hydrogen-bond donors (Lipinski definition) is 1. The van der Waals surface area contributed by atoms with E-state index in [1.165, 1.54) is 16.7 Å². The third-order valence-corrected chi connectivity index (χ3v) is 3.56. The highest BCUT2D eigenvalue weighted by Gasteiger charge is 2.23. The Kier molecular flexibility index (Phi) is 3.62. The second kappa shape index (κ2) is 4.98. The molecule has 1 aliphatic rings. The van der Waals surface area contributed by atoms with Crippen LogP contribution in [0.2, 0.25) is 0 Å². The minimum Gasteiger partial charge on any atom is -0.311 e. The Bertz CT molecular complexity index is 356. The van der Waals surface area contributed by atoms with E-state index in [0.29, 0.717) is 6.04 Å². The number of hydrogen-bond acceptors (Lipinski definition) is 2. The average Bonchev–Trinajstić information content (AvgIpc) is 2.30. The molecule has 0 saturated carbocycles. The van der Waals surface area contributed by atoms with Crippen LogP contribution >= 0.6 is 0 Å². The summed E-state index contributed by atoms with van der Waals surface area (Å²) in [5.41, 5.74) is 4.36. The van der Waals surface area contributed by atoms with E-state index in [9.17, 15) is 0 Å². The van der Waals surface area contributed by atoms with Gasteiger partial charge < -0.3 is 5.32 Å². The van der Waals surface area contributed by atoms with Crippen molar-refractivity contribution in [1.82, 2.24) is 10.2 Å². The highest BCUT2D eigenvalue weighted by atomic mass is 15.2. The minimum atomic E-state index is 0.555. The first kappa shape index (κ1) is 11.6. The van der Waals surface area contributed by atoms with E-state index < -0.39 is 0 Å². The molecule has 0 fully saturated rings. The van der Waals surface area contributed by atoms with Gasteiger partial charge in [0.25, 0.3) is 0 Å². The number of rotatable bonds is 3. The molecule has 16 heavy (non-hydrogen) atoms. The standard InChI is InChI=1S/C14H22N2/c1-4-16(5-2)14-10-15-9-12-8-11(3)6-7-13(12)14/h6-8,14-15H,4-5,9-10H2,1-3H3/t14-/m1/s1. The first-order valence-corrected chi connectivity index (χ1v) is 6.30. The van der Waals surface area contributed by atoms with Crippen LogP contribution in [0.4, 0.5) is 0 Å². The van der Waals surface area contributed by atoms with E-state index >= 15 is 0 Å². The maximum Gasteiger partial charge on any atom is 0.0475 e. The first-order valence-electron chi connectivity index (χ1n) is 6.30. The van der Waals surface area contributed by atoms with Gasteiger partial charge in [0, 0.05) is 19.1 Å². The van der Waals surface area contributed by atoms with Crippen molar-refractivity contribution in [2.24, 2.45) is 0 Å². The molecule has 0 bridgehead atoms. The summed E-state index contributed by atoms with van der Waals surface area (Å²) in [6.45, 7) is 11.0. The molecular formula is C14H22N2. The summed E-state index contributed by atoms with van der Waals surface area (Å²) in [5.74, 6) is 0. The Morgan fingerprint density at radius 2 is 2.06 bits per heavy atom. The highest BCUT2D eigenvalue weighted by molar-refractivity contribution is 5.35. The zero-order valence-corrected chi connectivity index (χ0v) is 10.6. The Labute approximate surface area is 98.7 Å². The Morgan fingerprint density at radius 1 is 1.31 bits per heavy atom. The monoisotopic (exact) mass is 218 g/mol. The lowest BCUT2D eigenvalue weighted by Gasteiger charge is -2.35. The summed E-state index contributed by atoms with van der Waals surface area (Å²) < 4.78 is 0. The molecule has 1 aromatic rings. The predicted octanol–water partition coefficient (Wildman–Crippen LogP) is 2.48. The van der Waals surface area contributed by atoms with Crippen LogP contribution in [0, 0.1) is 6.92 Å².